The van der Waals surface area contributed by atoms with E-state index in [1.54, 1.807) is 21.3 Å². The van der Waals surface area contributed by atoms with Crippen molar-refractivity contribution in [2.24, 2.45) is 0 Å². The largest absolute Gasteiger partial charge is 0.493 e. The first-order valence-electron chi connectivity index (χ1n) is 8.43. The minimum Gasteiger partial charge on any atom is -0.493 e. The van der Waals surface area contributed by atoms with Crippen LogP contribution >= 0.6 is 11.8 Å². The summed E-state index contributed by atoms with van der Waals surface area (Å²) in [6, 6.07) is 5.64. The molecule has 2 rings (SSSR count). The van der Waals surface area contributed by atoms with Crippen molar-refractivity contribution in [3.8, 4) is 22.9 Å². The normalized spacial score (nSPS) is 10.8. The number of Topliss-reactive ketones (excluding diaryl/α,β-unsaturated/α-hetero) is 1. The van der Waals surface area contributed by atoms with E-state index in [2.05, 4.69) is 10.2 Å². The lowest BCUT2D eigenvalue weighted by Crippen LogP contribution is -2.07. The Bertz CT molecular complexity index is 733. The van der Waals surface area contributed by atoms with Crippen LogP contribution in [-0.4, -0.2) is 54.2 Å². The molecular weight excluding hydrogens is 354 g/mol. The zero-order valence-electron chi connectivity index (χ0n) is 15.7. The molecule has 0 unspecified atom stereocenters. The van der Waals surface area contributed by atoms with Crippen LogP contribution in [0.1, 0.15) is 19.8 Å². The van der Waals surface area contributed by atoms with E-state index in [-0.39, 0.29) is 5.78 Å². The number of hydrogen-bond acceptors (Lipinski definition) is 7. The Labute approximate surface area is 158 Å². The van der Waals surface area contributed by atoms with Crippen molar-refractivity contribution in [1.82, 2.24) is 14.8 Å². The molecule has 0 aliphatic carbocycles. The van der Waals surface area contributed by atoms with E-state index in [4.69, 9.17) is 14.2 Å². The van der Waals surface area contributed by atoms with Crippen LogP contribution in [0.2, 0.25) is 0 Å². The van der Waals surface area contributed by atoms with Crippen LogP contribution in [0.25, 0.3) is 11.4 Å². The van der Waals surface area contributed by atoms with Crippen LogP contribution in [0.4, 0.5) is 0 Å². The van der Waals surface area contributed by atoms with Gasteiger partial charge in [-0.05, 0) is 24.6 Å². The van der Waals surface area contributed by atoms with Gasteiger partial charge in [-0.1, -0.05) is 18.7 Å². The van der Waals surface area contributed by atoms with Gasteiger partial charge >= 0.3 is 0 Å². The lowest BCUT2D eigenvalue weighted by Gasteiger charge is -2.12. The standard InChI is InChI=1S/C18H25N3O4S/c1-5-14(22)12-26-18-20-19-17(21(18)9-6-10-23-2)13-7-8-15(24-3)16(11-13)25-4/h7-8,11H,5-6,9-10,12H2,1-4H3. The van der Waals surface area contributed by atoms with Crippen LogP contribution in [-0.2, 0) is 16.1 Å². The maximum absolute atomic E-state index is 11.7. The number of thioether (sulfide) groups is 1. The third-order valence-corrected chi connectivity index (χ3v) is 4.87. The molecule has 0 aliphatic rings. The van der Waals surface area contributed by atoms with Gasteiger partial charge in [0, 0.05) is 32.2 Å². The van der Waals surface area contributed by atoms with E-state index in [0.29, 0.717) is 36.8 Å². The van der Waals surface area contributed by atoms with Gasteiger partial charge in [0.25, 0.3) is 0 Å². The Morgan fingerprint density at radius 3 is 2.58 bits per heavy atom. The number of benzene rings is 1. The third kappa shape index (κ3) is 4.98. The fourth-order valence-corrected chi connectivity index (χ4v) is 3.33. The number of aromatic nitrogens is 3. The minimum atomic E-state index is 0.189. The van der Waals surface area contributed by atoms with Crippen molar-refractivity contribution in [2.75, 3.05) is 33.7 Å². The molecule has 0 amide bonds. The number of nitrogens with zero attached hydrogens (tertiary/aromatic N) is 3. The van der Waals surface area contributed by atoms with Gasteiger partial charge in [0.05, 0.1) is 20.0 Å². The van der Waals surface area contributed by atoms with E-state index in [0.717, 1.165) is 23.0 Å². The molecule has 1 aromatic carbocycles. The minimum absolute atomic E-state index is 0.189. The molecule has 1 aromatic heterocycles. The highest BCUT2D eigenvalue weighted by atomic mass is 32.2. The lowest BCUT2D eigenvalue weighted by atomic mass is 10.2. The van der Waals surface area contributed by atoms with Crippen LogP contribution < -0.4 is 9.47 Å². The summed E-state index contributed by atoms with van der Waals surface area (Å²) in [5, 5.41) is 9.36. The molecular formula is C18H25N3O4S. The molecule has 0 fully saturated rings. The van der Waals surface area contributed by atoms with E-state index in [1.165, 1.54) is 11.8 Å². The molecule has 7 nitrogen and oxygen atoms in total. The number of carbonyl (C=O) groups is 1. The molecule has 0 atom stereocenters. The average Bonchev–Trinajstić information content (AvgIpc) is 3.08. The monoisotopic (exact) mass is 379 g/mol. The summed E-state index contributed by atoms with van der Waals surface area (Å²) >= 11 is 1.41. The van der Waals surface area contributed by atoms with Gasteiger partial charge in [0.15, 0.2) is 22.5 Å². The molecule has 0 radical (unpaired) electrons. The van der Waals surface area contributed by atoms with Crippen LogP contribution in [0.3, 0.4) is 0 Å². The first kappa shape index (κ1) is 20.3. The highest BCUT2D eigenvalue weighted by Crippen LogP contribution is 2.33. The highest BCUT2D eigenvalue weighted by Gasteiger charge is 2.17. The third-order valence-electron chi connectivity index (χ3n) is 3.85. The predicted molar refractivity (Wildman–Crippen MR) is 101 cm³/mol. The lowest BCUT2D eigenvalue weighted by molar-refractivity contribution is -0.116. The fraction of sp³-hybridized carbons (Fsp3) is 0.500. The van der Waals surface area contributed by atoms with Crippen molar-refractivity contribution >= 4 is 17.5 Å². The first-order chi connectivity index (χ1) is 12.6. The first-order valence-corrected chi connectivity index (χ1v) is 9.42. The Morgan fingerprint density at radius 2 is 1.92 bits per heavy atom. The van der Waals surface area contributed by atoms with Gasteiger partial charge in [-0.2, -0.15) is 0 Å². The Kier molecular flexibility index (Phi) is 7.93. The van der Waals surface area contributed by atoms with Gasteiger partial charge in [0.2, 0.25) is 0 Å². The van der Waals surface area contributed by atoms with E-state index in [9.17, 15) is 4.79 Å². The van der Waals surface area contributed by atoms with Crippen molar-refractivity contribution in [2.45, 2.75) is 31.5 Å². The summed E-state index contributed by atoms with van der Waals surface area (Å²) in [4.78, 5) is 11.7. The Balaban J connectivity index is 2.34. The van der Waals surface area contributed by atoms with Crippen molar-refractivity contribution in [1.29, 1.82) is 0 Å². The average molecular weight is 379 g/mol. The molecule has 0 aliphatic heterocycles. The van der Waals surface area contributed by atoms with E-state index < -0.39 is 0 Å². The Morgan fingerprint density at radius 1 is 1.15 bits per heavy atom. The Hall–Kier alpha value is -2.06. The molecule has 0 saturated carbocycles. The quantitative estimate of drug-likeness (QED) is 0.439. The maximum Gasteiger partial charge on any atom is 0.191 e. The maximum atomic E-state index is 11.7. The van der Waals surface area contributed by atoms with E-state index in [1.807, 2.05) is 29.7 Å². The predicted octanol–water partition coefficient (Wildman–Crippen LogP) is 3.07. The van der Waals surface area contributed by atoms with Gasteiger partial charge in [-0.3, -0.25) is 4.79 Å². The van der Waals surface area contributed by atoms with Crippen molar-refractivity contribution in [3.63, 3.8) is 0 Å². The van der Waals surface area contributed by atoms with Crippen molar-refractivity contribution < 1.29 is 19.0 Å². The number of ether oxygens (including phenoxy) is 3. The van der Waals surface area contributed by atoms with Gasteiger partial charge in [-0.25, -0.2) is 0 Å². The second-order valence-corrected chi connectivity index (χ2v) is 6.50. The highest BCUT2D eigenvalue weighted by molar-refractivity contribution is 7.99. The van der Waals surface area contributed by atoms with Gasteiger partial charge < -0.3 is 18.8 Å². The molecule has 26 heavy (non-hydrogen) atoms. The smallest absolute Gasteiger partial charge is 0.191 e. The fourth-order valence-electron chi connectivity index (χ4n) is 2.40. The summed E-state index contributed by atoms with van der Waals surface area (Å²) in [7, 11) is 4.88. The van der Waals surface area contributed by atoms with Gasteiger partial charge in [0.1, 0.15) is 5.78 Å². The van der Waals surface area contributed by atoms with Gasteiger partial charge in [-0.15, -0.1) is 10.2 Å². The molecule has 0 spiro atoms. The number of hydrogen-bond donors (Lipinski definition) is 0. The SMILES string of the molecule is CCC(=O)CSc1nnc(-c2ccc(OC)c(OC)c2)n1CCCOC. The number of carbonyl (C=O) groups excluding carboxylic acids is 1. The molecule has 142 valence electrons. The molecule has 0 saturated heterocycles. The second kappa shape index (κ2) is 10.2. The summed E-state index contributed by atoms with van der Waals surface area (Å²) in [6.07, 6.45) is 1.34. The molecule has 1 heterocycles. The zero-order chi connectivity index (χ0) is 18.9. The number of methoxy groups -OCH3 is 3. The summed E-state index contributed by atoms with van der Waals surface area (Å²) < 4.78 is 17.9. The number of ketones is 1. The molecule has 0 N–H and O–H groups in total. The summed E-state index contributed by atoms with van der Waals surface area (Å²) in [6.45, 7) is 3.20. The van der Waals surface area contributed by atoms with Crippen LogP contribution in [0, 0.1) is 0 Å². The summed E-state index contributed by atoms with van der Waals surface area (Å²) in [5.41, 5.74) is 0.876. The van der Waals surface area contributed by atoms with Crippen molar-refractivity contribution in [3.05, 3.63) is 18.2 Å². The van der Waals surface area contributed by atoms with E-state index >= 15 is 0 Å². The summed E-state index contributed by atoms with van der Waals surface area (Å²) in [5.74, 6) is 2.60. The molecule has 2 aromatic rings. The molecule has 0 bridgehead atoms. The zero-order valence-corrected chi connectivity index (χ0v) is 16.5. The number of rotatable bonds is 11. The topological polar surface area (TPSA) is 75.5 Å². The molecule has 8 heteroatoms. The van der Waals surface area contributed by atoms with Crippen LogP contribution in [0.15, 0.2) is 23.4 Å². The second-order valence-electron chi connectivity index (χ2n) is 5.55. The van der Waals surface area contributed by atoms with Crippen LogP contribution in [0.5, 0.6) is 11.5 Å².